The van der Waals surface area contributed by atoms with Gasteiger partial charge in [-0.15, -0.1) is 14.1 Å². The van der Waals surface area contributed by atoms with Crippen molar-refractivity contribution < 1.29 is 21.8 Å². The molecule has 25 heavy (non-hydrogen) atoms. The zero-order chi connectivity index (χ0) is 18.4. The fraction of sp³-hybridized carbons (Fsp3) is 0.0667. The predicted octanol–water partition coefficient (Wildman–Crippen LogP) is 4.38. The molecule has 3 rings (SSSR count). The average Bonchev–Trinajstić information content (AvgIpc) is 3.01. The summed E-state index contributed by atoms with van der Waals surface area (Å²) >= 11 is 11.7. The Hall–Kier alpha value is -2.16. The van der Waals surface area contributed by atoms with Crippen LogP contribution in [0, 0.1) is 6.92 Å². The lowest BCUT2D eigenvalue weighted by Gasteiger charge is -2.03. The molecule has 0 aliphatic rings. The van der Waals surface area contributed by atoms with Gasteiger partial charge in [-0.1, -0.05) is 29.3 Å². The Morgan fingerprint density at radius 3 is 2.28 bits per heavy atom. The molecule has 0 saturated heterocycles. The first-order chi connectivity index (χ1) is 11.7. The van der Waals surface area contributed by atoms with Crippen LogP contribution in [-0.2, 0) is 10.2 Å². The van der Waals surface area contributed by atoms with Crippen molar-refractivity contribution >= 4 is 33.4 Å². The van der Waals surface area contributed by atoms with Gasteiger partial charge in [-0.2, -0.15) is 8.42 Å². The summed E-state index contributed by atoms with van der Waals surface area (Å²) in [6.45, 7) is 1.68. The molecule has 1 heterocycles. The SMILES string of the molecule is Cc1ccc(S(=O)(=O)F)cc1-c1nnc(-c2cc(Cl)c(O)c(Cl)c2)o1. The van der Waals surface area contributed by atoms with E-state index in [1.807, 2.05) is 0 Å². The third-order valence-electron chi connectivity index (χ3n) is 3.41. The minimum absolute atomic E-state index is 0.00156. The van der Waals surface area contributed by atoms with Gasteiger partial charge < -0.3 is 9.52 Å². The molecule has 0 fully saturated rings. The molecule has 0 aliphatic carbocycles. The second-order valence-electron chi connectivity index (χ2n) is 5.12. The molecule has 6 nitrogen and oxygen atoms in total. The summed E-state index contributed by atoms with van der Waals surface area (Å²) in [5.41, 5.74) is 1.25. The first-order valence-corrected chi connectivity index (χ1v) is 8.88. The fourth-order valence-corrected chi connectivity index (χ4v) is 3.10. The van der Waals surface area contributed by atoms with Crippen molar-refractivity contribution in [1.29, 1.82) is 0 Å². The Kier molecular flexibility index (Phi) is 4.44. The highest BCUT2D eigenvalue weighted by atomic mass is 35.5. The lowest BCUT2D eigenvalue weighted by molar-refractivity contribution is 0.476. The summed E-state index contributed by atoms with van der Waals surface area (Å²) in [5, 5.41) is 17.3. The Morgan fingerprint density at radius 2 is 1.68 bits per heavy atom. The van der Waals surface area contributed by atoms with Crippen LogP contribution in [0.2, 0.25) is 10.0 Å². The molecule has 0 aliphatic heterocycles. The molecule has 0 amide bonds. The van der Waals surface area contributed by atoms with E-state index >= 15 is 0 Å². The molecule has 0 atom stereocenters. The van der Waals surface area contributed by atoms with E-state index in [-0.39, 0.29) is 33.1 Å². The van der Waals surface area contributed by atoms with E-state index in [0.717, 1.165) is 12.1 Å². The number of hydrogen-bond acceptors (Lipinski definition) is 6. The van der Waals surface area contributed by atoms with E-state index in [9.17, 15) is 17.4 Å². The number of benzene rings is 2. The number of aromatic hydroxyl groups is 1. The van der Waals surface area contributed by atoms with Gasteiger partial charge in [-0.25, -0.2) is 0 Å². The average molecular weight is 403 g/mol. The third kappa shape index (κ3) is 3.46. The number of phenolic OH excluding ortho intramolecular Hbond substituents is 1. The summed E-state index contributed by atoms with van der Waals surface area (Å²) in [5.74, 6) is -0.228. The number of hydrogen-bond donors (Lipinski definition) is 1. The Bertz CT molecular complexity index is 1060. The van der Waals surface area contributed by atoms with Crippen molar-refractivity contribution in [2.75, 3.05) is 0 Å². The van der Waals surface area contributed by atoms with Crippen molar-refractivity contribution in [3.8, 4) is 28.7 Å². The standard InChI is InChI=1S/C15H9Cl2FN2O4S/c1-7-2-3-9(25(18,22)23)6-10(7)15-20-19-14(24-15)8-4-11(16)13(21)12(17)5-8/h2-6,21H,1H3. The maximum absolute atomic E-state index is 13.2. The second kappa shape index (κ2) is 6.29. The molecule has 0 radical (unpaired) electrons. The Labute approximate surface area is 152 Å². The highest BCUT2D eigenvalue weighted by Gasteiger charge is 2.19. The summed E-state index contributed by atoms with van der Waals surface area (Å²) in [4.78, 5) is -0.511. The zero-order valence-corrected chi connectivity index (χ0v) is 14.8. The Morgan fingerprint density at radius 1 is 1.08 bits per heavy atom. The Balaban J connectivity index is 2.08. The van der Waals surface area contributed by atoms with Crippen LogP contribution in [-0.4, -0.2) is 23.7 Å². The molecule has 2 aromatic carbocycles. The predicted molar refractivity (Wildman–Crippen MR) is 89.9 cm³/mol. The number of aromatic nitrogens is 2. The van der Waals surface area contributed by atoms with Gasteiger partial charge in [0.25, 0.3) is 0 Å². The van der Waals surface area contributed by atoms with Gasteiger partial charge in [-0.3, -0.25) is 0 Å². The highest BCUT2D eigenvalue weighted by molar-refractivity contribution is 7.86. The molecule has 0 bridgehead atoms. The summed E-state index contributed by atoms with van der Waals surface area (Å²) in [6, 6.07) is 6.45. The third-order valence-corrected chi connectivity index (χ3v) is 4.80. The molecular weight excluding hydrogens is 394 g/mol. The van der Waals surface area contributed by atoms with Crippen LogP contribution < -0.4 is 0 Å². The van der Waals surface area contributed by atoms with Crippen LogP contribution in [0.3, 0.4) is 0 Å². The highest BCUT2D eigenvalue weighted by Crippen LogP contribution is 2.37. The van der Waals surface area contributed by atoms with E-state index in [1.165, 1.54) is 18.2 Å². The number of halogens is 3. The van der Waals surface area contributed by atoms with Gasteiger partial charge in [0, 0.05) is 11.1 Å². The van der Waals surface area contributed by atoms with E-state index in [1.54, 1.807) is 6.92 Å². The van der Waals surface area contributed by atoms with E-state index in [0.29, 0.717) is 11.1 Å². The molecule has 130 valence electrons. The van der Waals surface area contributed by atoms with Gasteiger partial charge in [0.05, 0.1) is 14.9 Å². The molecule has 3 aromatic rings. The largest absolute Gasteiger partial charge is 0.505 e. The van der Waals surface area contributed by atoms with Crippen LogP contribution in [0.5, 0.6) is 5.75 Å². The van der Waals surface area contributed by atoms with Gasteiger partial charge in [0.2, 0.25) is 11.8 Å². The second-order valence-corrected chi connectivity index (χ2v) is 7.28. The number of nitrogens with zero attached hydrogens (tertiary/aromatic N) is 2. The molecule has 0 unspecified atom stereocenters. The minimum atomic E-state index is -4.86. The van der Waals surface area contributed by atoms with Crippen molar-refractivity contribution in [3.63, 3.8) is 0 Å². The van der Waals surface area contributed by atoms with Crippen molar-refractivity contribution in [3.05, 3.63) is 45.9 Å². The first kappa shape index (κ1) is 17.7. The number of rotatable bonds is 3. The van der Waals surface area contributed by atoms with E-state index < -0.39 is 15.1 Å². The van der Waals surface area contributed by atoms with Gasteiger partial charge in [0.15, 0.2) is 5.75 Å². The minimum Gasteiger partial charge on any atom is -0.505 e. The quantitative estimate of drug-likeness (QED) is 0.653. The van der Waals surface area contributed by atoms with E-state index in [4.69, 9.17) is 27.6 Å². The van der Waals surface area contributed by atoms with Crippen molar-refractivity contribution in [2.45, 2.75) is 11.8 Å². The van der Waals surface area contributed by atoms with Crippen LogP contribution in [0.15, 0.2) is 39.6 Å². The van der Waals surface area contributed by atoms with Gasteiger partial charge >= 0.3 is 10.2 Å². The zero-order valence-electron chi connectivity index (χ0n) is 12.5. The molecule has 10 heteroatoms. The molecule has 1 aromatic heterocycles. The van der Waals surface area contributed by atoms with Crippen molar-refractivity contribution in [1.82, 2.24) is 10.2 Å². The van der Waals surface area contributed by atoms with Crippen molar-refractivity contribution in [2.24, 2.45) is 0 Å². The molecular formula is C15H9Cl2FN2O4S. The maximum Gasteiger partial charge on any atom is 0.332 e. The van der Waals surface area contributed by atoms with Crippen LogP contribution >= 0.6 is 23.2 Å². The van der Waals surface area contributed by atoms with Gasteiger partial charge in [-0.05, 0) is 36.8 Å². The number of aryl methyl sites for hydroxylation is 1. The molecule has 0 spiro atoms. The first-order valence-electron chi connectivity index (χ1n) is 6.74. The van der Waals surface area contributed by atoms with Crippen LogP contribution in [0.4, 0.5) is 3.89 Å². The molecule has 0 saturated carbocycles. The van der Waals surface area contributed by atoms with Crippen LogP contribution in [0.25, 0.3) is 22.9 Å². The van der Waals surface area contributed by atoms with Gasteiger partial charge in [0.1, 0.15) is 0 Å². The van der Waals surface area contributed by atoms with Crippen LogP contribution in [0.1, 0.15) is 5.56 Å². The fourth-order valence-electron chi connectivity index (χ4n) is 2.12. The topological polar surface area (TPSA) is 93.3 Å². The summed E-state index contributed by atoms with van der Waals surface area (Å²) in [6.07, 6.45) is 0. The smallest absolute Gasteiger partial charge is 0.332 e. The summed E-state index contributed by atoms with van der Waals surface area (Å²) < 4.78 is 40.9. The normalized spacial score (nSPS) is 11.7. The maximum atomic E-state index is 13.2. The molecule has 1 N–H and O–H groups in total. The summed E-state index contributed by atoms with van der Waals surface area (Å²) in [7, 11) is -4.86. The lowest BCUT2D eigenvalue weighted by Crippen LogP contribution is -1.94. The monoisotopic (exact) mass is 402 g/mol. The van der Waals surface area contributed by atoms with E-state index in [2.05, 4.69) is 10.2 Å². The number of phenols is 1. The lowest BCUT2D eigenvalue weighted by atomic mass is 10.1.